The monoisotopic (exact) mass is 1090 g/mol. The largest absolute Gasteiger partial charge is 0.459 e. The maximum absolute atomic E-state index is 15.0. The predicted molar refractivity (Wildman–Crippen MR) is 283 cm³/mol. The van der Waals surface area contributed by atoms with E-state index in [1.807, 2.05) is 58.2 Å². The van der Waals surface area contributed by atoms with Crippen molar-refractivity contribution in [1.29, 1.82) is 0 Å². The normalized spacial score (nSPS) is 36.8. The number of ether oxygens (including phenoxy) is 8. The van der Waals surface area contributed by atoms with Crippen molar-refractivity contribution < 1.29 is 72.3 Å². The lowest BCUT2D eigenvalue weighted by Gasteiger charge is -2.49. The van der Waals surface area contributed by atoms with Crippen molar-refractivity contribution in [2.45, 2.75) is 205 Å². The van der Waals surface area contributed by atoms with E-state index in [1.54, 1.807) is 74.2 Å². The van der Waals surface area contributed by atoms with Gasteiger partial charge in [0.1, 0.15) is 42.4 Å². The predicted octanol–water partition coefficient (Wildman–Crippen LogP) is 6.13. The highest BCUT2D eigenvalue weighted by atomic mass is 19.1. The molecule has 0 aliphatic carbocycles. The summed E-state index contributed by atoms with van der Waals surface area (Å²) in [5, 5.41) is 52.8. The summed E-state index contributed by atoms with van der Waals surface area (Å²) in [6.45, 7) is 17.0. The van der Waals surface area contributed by atoms with E-state index in [-0.39, 0.29) is 43.8 Å². The van der Waals surface area contributed by atoms with Crippen molar-refractivity contribution in [2.24, 2.45) is 23.7 Å². The van der Waals surface area contributed by atoms with Gasteiger partial charge in [-0.1, -0.05) is 63.2 Å². The van der Waals surface area contributed by atoms with Gasteiger partial charge in [-0.3, -0.25) is 14.6 Å². The molecule has 0 spiro atoms. The van der Waals surface area contributed by atoms with Gasteiger partial charge in [-0.2, -0.15) is 0 Å². The molecule has 0 saturated carbocycles. The molecule has 3 aromatic rings. The molecule has 20 heteroatoms. The Morgan fingerprint density at radius 1 is 0.857 bits per heavy atom. The lowest BCUT2D eigenvalue weighted by Crippen LogP contribution is -2.60. The van der Waals surface area contributed by atoms with E-state index in [0.29, 0.717) is 37.2 Å². The number of rotatable bonds is 18. The smallest absolute Gasteiger partial charge is 0.311 e. The van der Waals surface area contributed by atoms with Crippen molar-refractivity contribution in [1.82, 2.24) is 24.9 Å². The van der Waals surface area contributed by atoms with Crippen LogP contribution in [0.4, 0.5) is 4.39 Å². The summed E-state index contributed by atoms with van der Waals surface area (Å²) < 4.78 is 67.6. The zero-order valence-electron chi connectivity index (χ0n) is 47.7. The Kier molecular flexibility index (Phi) is 21.5. The summed E-state index contributed by atoms with van der Waals surface area (Å²) in [5.74, 6) is -4.49. The average molecular weight is 1090 g/mol. The number of nitrogens with zero attached hydrogens (tertiary/aromatic N) is 5. The van der Waals surface area contributed by atoms with Crippen LogP contribution in [0.2, 0.25) is 0 Å². The molecule has 2 aromatic heterocycles. The Labute approximate surface area is 454 Å². The van der Waals surface area contributed by atoms with Gasteiger partial charge in [-0.05, 0) is 85.0 Å². The second kappa shape index (κ2) is 26.6. The van der Waals surface area contributed by atoms with E-state index in [4.69, 9.17) is 37.9 Å². The van der Waals surface area contributed by atoms with Gasteiger partial charge in [-0.15, -0.1) is 5.10 Å². The highest BCUT2D eigenvalue weighted by molar-refractivity contribution is 5.83. The first-order chi connectivity index (χ1) is 36.4. The molecular formula is C57H88FN5O14. The molecule has 19 atom stereocenters. The number of esters is 1. The first-order valence-corrected chi connectivity index (χ1v) is 27.3. The standard InChI is InChI=1S/C57H88FN5O14/c1-15-45-57(10,69)51(66)34(4)48(65)32(2)26-56(9,72-14)53(35(5)49(36(6)54(68)75-45)76-47-27-55(8,71-13)52(67)37(7)74-47)77-46-25-43(24-33(3)73-46)62(11)23-22-41-30-63(61-60-41)44(28-58)50(70-12)39-18-16-38(17-19-39)40-20-21-42(31-64)59-29-40/h16-21,29-30,32-37,43-47,49-53,64,66-67,69H,15,22-28,31H2,1-14H3/t32-,33-,34+,35+,36-,37+,43+,44-,45-,46+,47+,49+,50-,51-,52+,53-,55-,56-,57-/m1/s1. The molecule has 432 valence electrons. The number of aliphatic hydroxyl groups excluding tert-OH is 3. The number of hydrogen-bond acceptors (Lipinski definition) is 18. The van der Waals surface area contributed by atoms with E-state index in [0.717, 1.165) is 16.7 Å². The van der Waals surface area contributed by atoms with Crippen LogP contribution in [-0.4, -0.2) is 177 Å². The summed E-state index contributed by atoms with van der Waals surface area (Å²) >= 11 is 0. The minimum absolute atomic E-state index is 0.0397. The third-order valence-electron chi connectivity index (χ3n) is 17.0. The SMILES string of the molecule is CC[C@H]1OC(=O)[C@H](C)[C@@H](O[C@H]2C[C@@](C)(OC)[C@@H](O)[C@H](C)O2)[C@H](C)[C@@H](O[C@H]2C[C@@H](N(C)CCc3cn([C@H](CF)[C@H](OC)c4ccc(-c5ccc(CO)nc5)cc4)nn3)C[C@@H](C)O2)[C@](C)(OC)C[C@@H](C)C(=O)[C@H](C)[C@@H](O)[C@]1(C)O. The fraction of sp³-hybridized carbons (Fsp3) is 0.737. The molecule has 3 saturated heterocycles. The number of alkyl halides is 1. The molecule has 3 aliphatic heterocycles. The zero-order chi connectivity index (χ0) is 56.7. The molecule has 0 bridgehead atoms. The van der Waals surface area contributed by atoms with Gasteiger partial charge in [0.2, 0.25) is 0 Å². The number of ketones is 1. The minimum Gasteiger partial charge on any atom is -0.459 e. The lowest BCUT2D eigenvalue weighted by atomic mass is 9.74. The highest BCUT2D eigenvalue weighted by Crippen LogP contribution is 2.42. The van der Waals surface area contributed by atoms with Crippen LogP contribution in [0.25, 0.3) is 11.1 Å². The Balaban J connectivity index is 1.24. The van der Waals surface area contributed by atoms with Crippen LogP contribution in [0, 0.1) is 23.7 Å². The highest BCUT2D eigenvalue weighted by Gasteiger charge is 2.53. The molecule has 4 N–H and O–H groups in total. The van der Waals surface area contributed by atoms with E-state index >= 15 is 0 Å². The first kappa shape index (κ1) is 62.3. The molecule has 3 fully saturated rings. The molecule has 3 aliphatic rings. The Morgan fingerprint density at radius 3 is 2.13 bits per heavy atom. The minimum atomic E-state index is -1.99. The van der Waals surface area contributed by atoms with Crippen molar-refractivity contribution >= 4 is 11.8 Å². The number of carbonyl (C=O) groups is 2. The number of carbonyl (C=O) groups excluding carboxylic acids is 2. The number of aliphatic hydroxyl groups is 4. The molecule has 1 aromatic carbocycles. The summed E-state index contributed by atoms with van der Waals surface area (Å²) in [6, 6.07) is 10.5. The number of Topliss-reactive ketones (excluding diaryl/α,β-unsaturated/α-hetero) is 1. The molecule has 5 heterocycles. The topological polar surface area (TPSA) is 236 Å². The van der Waals surface area contributed by atoms with Crippen LogP contribution in [-0.2, 0) is 60.5 Å². The van der Waals surface area contributed by atoms with Crippen LogP contribution < -0.4 is 0 Å². The number of aromatic nitrogens is 4. The summed E-state index contributed by atoms with van der Waals surface area (Å²) in [4.78, 5) is 35.3. The third kappa shape index (κ3) is 14.2. The van der Waals surface area contributed by atoms with Crippen LogP contribution in [0.5, 0.6) is 0 Å². The molecule has 6 rings (SSSR count). The third-order valence-corrected chi connectivity index (χ3v) is 17.0. The second-order valence-electron chi connectivity index (χ2n) is 22.7. The quantitative estimate of drug-likeness (QED) is 0.105. The van der Waals surface area contributed by atoms with Crippen LogP contribution >= 0.6 is 0 Å². The zero-order valence-corrected chi connectivity index (χ0v) is 47.7. The average Bonchev–Trinajstić information content (AvgIpc) is 3.91. The van der Waals surface area contributed by atoms with Crippen molar-refractivity contribution in [3.63, 3.8) is 0 Å². The van der Waals surface area contributed by atoms with Crippen LogP contribution in [0.1, 0.15) is 130 Å². The summed E-state index contributed by atoms with van der Waals surface area (Å²) in [5.41, 5.74) is -0.480. The number of pyridine rings is 1. The number of halogens is 1. The van der Waals surface area contributed by atoms with Crippen LogP contribution in [0.3, 0.4) is 0 Å². The fourth-order valence-corrected chi connectivity index (χ4v) is 11.9. The summed E-state index contributed by atoms with van der Waals surface area (Å²) in [6.07, 6.45) is -3.59. The van der Waals surface area contributed by atoms with Gasteiger partial charge in [0, 0.05) is 88.9 Å². The number of cyclic esters (lactones) is 1. The Hall–Kier alpha value is -3.90. The lowest BCUT2D eigenvalue weighted by molar-refractivity contribution is -0.309. The van der Waals surface area contributed by atoms with Crippen molar-refractivity contribution in [3.8, 4) is 11.1 Å². The number of hydrogen-bond donors (Lipinski definition) is 4. The number of methoxy groups -OCH3 is 3. The maximum Gasteiger partial charge on any atom is 0.311 e. The number of likely N-dealkylation sites (N-methyl/N-ethyl adjacent to an activating group) is 1. The fourth-order valence-electron chi connectivity index (χ4n) is 11.9. The molecule has 0 radical (unpaired) electrons. The van der Waals surface area contributed by atoms with E-state index in [2.05, 4.69) is 20.2 Å². The molecular weight excluding hydrogens is 998 g/mol. The van der Waals surface area contributed by atoms with Gasteiger partial charge in [0.15, 0.2) is 12.6 Å². The molecule has 77 heavy (non-hydrogen) atoms. The van der Waals surface area contributed by atoms with E-state index < -0.39 is 114 Å². The van der Waals surface area contributed by atoms with Gasteiger partial charge < -0.3 is 63.2 Å². The second-order valence-corrected chi connectivity index (χ2v) is 22.7. The van der Waals surface area contributed by atoms with Crippen molar-refractivity contribution in [2.75, 3.05) is 41.6 Å². The Bertz CT molecular complexity index is 2350. The number of benzene rings is 1. The van der Waals surface area contributed by atoms with E-state index in [9.17, 15) is 34.4 Å². The maximum atomic E-state index is 15.0. The molecule has 0 unspecified atom stereocenters. The van der Waals surface area contributed by atoms with Gasteiger partial charge in [0.25, 0.3) is 0 Å². The van der Waals surface area contributed by atoms with Gasteiger partial charge >= 0.3 is 5.97 Å². The van der Waals surface area contributed by atoms with Crippen molar-refractivity contribution in [3.05, 3.63) is 65.7 Å². The first-order valence-electron chi connectivity index (χ1n) is 27.3. The van der Waals surface area contributed by atoms with E-state index in [1.165, 1.54) is 18.7 Å². The van der Waals surface area contributed by atoms with Crippen LogP contribution in [0.15, 0.2) is 48.8 Å². The summed E-state index contributed by atoms with van der Waals surface area (Å²) in [7, 11) is 6.62. The molecule has 19 nitrogen and oxygen atoms in total. The van der Waals surface area contributed by atoms with Gasteiger partial charge in [-0.25, -0.2) is 9.07 Å². The van der Waals surface area contributed by atoms with Gasteiger partial charge in [0.05, 0.1) is 65.6 Å². The molecule has 0 amide bonds. The Morgan fingerprint density at radius 2 is 1.53 bits per heavy atom.